The molecule has 0 saturated heterocycles. The van der Waals surface area contributed by atoms with Crippen LogP contribution in [-0.4, -0.2) is 17.4 Å². The summed E-state index contributed by atoms with van der Waals surface area (Å²) in [7, 11) is 0. The van der Waals surface area contributed by atoms with Gasteiger partial charge in [0.15, 0.2) is 0 Å². The van der Waals surface area contributed by atoms with Gasteiger partial charge in [-0.3, -0.25) is 4.79 Å². The first kappa shape index (κ1) is 15.1. The summed E-state index contributed by atoms with van der Waals surface area (Å²) in [5.41, 5.74) is 9.64. The van der Waals surface area contributed by atoms with Gasteiger partial charge in [0.2, 0.25) is 0 Å². The average Bonchev–Trinajstić information content (AvgIpc) is 2.53. The molecule has 0 aliphatic heterocycles. The van der Waals surface area contributed by atoms with E-state index in [-0.39, 0.29) is 5.91 Å². The molecule has 21 heavy (non-hydrogen) atoms. The van der Waals surface area contributed by atoms with E-state index in [2.05, 4.69) is 6.92 Å². The minimum absolute atomic E-state index is 0.0448. The van der Waals surface area contributed by atoms with Crippen LogP contribution in [-0.2, 0) is 13.0 Å². The van der Waals surface area contributed by atoms with Crippen molar-refractivity contribution in [1.82, 2.24) is 4.90 Å². The lowest BCUT2D eigenvalue weighted by molar-refractivity contribution is 0.0753. The molecule has 2 aromatic rings. The number of hydrogen-bond donors (Lipinski definition) is 1. The van der Waals surface area contributed by atoms with Gasteiger partial charge >= 0.3 is 0 Å². The maximum absolute atomic E-state index is 12.6. The van der Waals surface area contributed by atoms with Gasteiger partial charge in [-0.25, -0.2) is 0 Å². The minimum Gasteiger partial charge on any atom is -0.398 e. The highest BCUT2D eigenvalue weighted by Crippen LogP contribution is 2.16. The molecule has 0 radical (unpaired) electrons. The second kappa shape index (κ2) is 6.93. The summed E-state index contributed by atoms with van der Waals surface area (Å²) in [4.78, 5) is 14.4. The summed E-state index contributed by atoms with van der Waals surface area (Å²) in [6, 6.07) is 15.5. The molecule has 2 aromatic carbocycles. The molecule has 3 heteroatoms. The summed E-state index contributed by atoms with van der Waals surface area (Å²) in [6.45, 7) is 5.28. The molecule has 3 nitrogen and oxygen atoms in total. The highest BCUT2D eigenvalue weighted by atomic mass is 16.2. The Balaban J connectivity index is 2.16. The molecule has 0 unspecified atom stereocenters. The first-order valence-electron chi connectivity index (χ1n) is 7.37. The van der Waals surface area contributed by atoms with Gasteiger partial charge in [-0.15, -0.1) is 0 Å². The van der Waals surface area contributed by atoms with E-state index in [4.69, 9.17) is 5.73 Å². The number of amides is 1. The zero-order valence-corrected chi connectivity index (χ0v) is 12.7. The third-order valence-electron chi connectivity index (χ3n) is 3.69. The Morgan fingerprint density at radius 1 is 1.05 bits per heavy atom. The molecule has 0 heterocycles. The third kappa shape index (κ3) is 3.63. The standard InChI is InChI=1S/C18H22N2O/c1-3-14-9-11-15(12-10-14)18(21)20(4-2)13-16-7-5-6-8-17(16)19/h5-12H,3-4,13,19H2,1-2H3. The number of benzene rings is 2. The summed E-state index contributed by atoms with van der Waals surface area (Å²) in [5, 5.41) is 0. The lowest BCUT2D eigenvalue weighted by Gasteiger charge is -2.22. The number of para-hydroxylation sites is 1. The van der Waals surface area contributed by atoms with Gasteiger partial charge in [-0.1, -0.05) is 37.3 Å². The van der Waals surface area contributed by atoms with Crippen molar-refractivity contribution in [2.75, 3.05) is 12.3 Å². The molecule has 1 amide bonds. The van der Waals surface area contributed by atoms with E-state index in [1.54, 1.807) is 0 Å². The molecule has 0 aromatic heterocycles. The molecule has 2 rings (SSSR count). The molecule has 0 atom stereocenters. The SMILES string of the molecule is CCc1ccc(C(=O)N(CC)Cc2ccccc2N)cc1. The van der Waals surface area contributed by atoms with Gasteiger partial charge in [-0.05, 0) is 42.7 Å². The van der Waals surface area contributed by atoms with Gasteiger partial charge in [0.1, 0.15) is 0 Å². The van der Waals surface area contributed by atoms with E-state index in [0.717, 1.165) is 23.2 Å². The number of carbonyl (C=O) groups excluding carboxylic acids is 1. The monoisotopic (exact) mass is 282 g/mol. The van der Waals surface area contributed by atoms with Crippen LogP contribution < -0.4 is 5.73 Å². The normalized spacial score (nSPS) is 10.4. The van der Waals surface area contributed by atoms with Gasteiger partial charge in [0.25, 0.3) is 5.91 Å². The van der Waals surface area contributed by atoms with Gasteiger partial charge in [0, 0.05) is 24.3 Å². The molecule has 0 aliphatic carbocycles. The second-order valence-corrected chi connectivity index (χ2v) is 5.07. The number of aryl methyl sites for hydroxylation is 1. The number of rotatable bonds is 5. The smallest absolute Gasteiger partial charge is 0.254 e. The Labute approximate surface area is 126 Å². The lowest BCUT2D eigenvalue weighted by Crippen LogP contribution is -2.30. The van der Waals surface area contributed by atoms with Crippen molar-refractivity contribution in [2.45, 2.75) is 26.8 Å². The predicted octanol–water partition coefficient (Wildman–Crippen LogP) is 3.49. The highest BCUT2D eigenvalue weighted by Gasteiger charge is 2.15. The van der Waals surface area contributed by atoms with Crippen LogP contribution in [0.25, 0.3) is 0 Å². The van der Waals surface area contributed by atoms with E-state index in [1.807, 2.05) is 60.4 Å². The fourth-order valence-corrected chi connectivity index (χ4v) is 2.28. The molecule has 0 spiro atoms. The van der Waals surface area contributed by atoms with Crippen LogP contribution >= 0.6 is 0 Å². The average molecular weight is 282 g/mol. The molecule has 0 saturated carbocycles. The molecule has 0 aliphatic rings. The van der Waals surface area contributed by atoms with Crippen LogP contribution in [0, 0.1) is 0 Å². The second-order valence-electron chi connectivity index (χ2n) is 5.07. The molecular formula is C18H22N2O. The minimum atomic E-state index is 0.0448. The first-order valence-corrected chi connectivity index (χ1v) is 7.37. The van der Waals surface area contributed by atoms with E-state index in [9.17, 15) is 4.79 Å². The topological polar surface area (TPSA) is 46.3 Å². The summed E-state index contributed by atoms with van der Waals surface area (Å²) < 4.78 is 0. The highest BCUT2D eigenvalue weighted by molar-refractivity contribution is 5.94. The fraction of sp³-hybridized carbons (Fsp3) is 0.278. The molecule has 0 fully saturated rings. The van der Waals surface area contributed by atoms with Crippen molar-refractivity contribution in [1.29, 1.82) is 0 Å². The Hall–Kier alpha value is -2.29. The van der Waals surface area contributed by atoms with Crippen molar-refractivity contribution < 1.29 is 4.79 Å². The number of carbonyl (C=O) groups is 1. The maximum Gasteiger partial charge on any atom is 0.254 e. The maximum atomic E-state index is 12.6. The van der Waals surface area contributed by atoms with Gasteiger partial charge in [0.05, 0.1) is 0 Å². The summed E-state index contributed by atoms with van der Waals surface area (Å²) in [6.07, 6.45) is 0.979. The van der Waals surface area contributed by atoms with Crippen LogP contribution in [0.1, 0.15) is 35.3 Å². The van der Waals surface area contributed by atoms with Crippen LogP contribution in [0.4, 0.5) is 5.69 Å². The molecule has 0 bridgehead atoms. The number of nitrogens with two attached hydrogens (primary N) is 1. The van der Waals surface area contributed by atoms with Gasteiger partial charge < -0.3 is 10.6 Å². The van der Waals surface area contributed by atoms with Crippen molar-refractivity contribution in [3.05, 3.63) is 65.2 Å². The first-order chi connectivity index (χ1) is 10.2. The van der Waals surface area contributed by atoms with Crippen molar-refractivity contribution >= 4 is 11.6 Å². The van der Waals surface area contributed by atoms with Crippen LogP contribution in [0.3, 0.4) is 0 Å². The van der Waals surface area contributed by atoms with Gasteiger partial charge in [-0.2, -0.15) is 0 Å². The lowest BCUT2D eigenvalue weighted by atomic mass is 10.1. The van der Waals surface area contributed by atoms with E-state index in [0.29, 0.717) is 13.1 Å². The Morgan fingerprint density at radius 3 is 2.29 bits per heavy atom. The fourth-order valence-electron chi connectivity index (χ4n) is 2.28. The largest absolute Gasteiger partial charge is 0.398 e. The van der Waals surface area contributed by atoms with Crippen molar-refractivity contribution in [3.8, 4) is 0 Å². The van der Waals surface area contributed by atoms with Crippen molar-refractivity contribution in [2.24, 2.45) is 0 Å². The van der Waals surface area contributed by atoms with Crippen molar-refractivity contribution in [3.63, 3.8) is 0 Å². The summed E-state index contributed by atoms with van der Waals surface area (Å²) >= 11 is 0. The van der Waals surface area contributed by atoms with Crippen LogP contribution in [0.15, 0.2) is 48.5 Å². The Kier molecular flexibility index (Phi) is 4.99. The number of hydrogen-bond acceptors (Lipinski definition) is 2. The molecule has 110 valence electrons. The third-order valence-corrected chi connectivity index (χ3v) is 3.69. The number of nitrogen functional groups attached to an aromatic ring is 1. The number of nitrogens with zero attached hydrogens (tertiary/aromatic N) is 1. The quantitative estimate of drug-likeness (QED) is 0.853. The Morgan fingerprint density at radius 2 is 1.71 bits per heavy atom. The zero-order valence-electron chi connectivity index (χ0n) is 12.7. The Bertz CT molecular complexity index is 605. The molecule has 2 N–H and O–H groups in total. The zero-order chi connectivity index (χ0) is 15.2. The van der Waals surface area contributed by atoms with E-state index in [1.165, 1.54) is 5.56 Å². The summed E-state index contributed by atoms with van der Waals surface area (Å²) in [5.74, 6) is 0.0448. The van der Waals surface area contributed by atoms with Crippen LogP contribution in [0.2, 0.25) is 0 Å². The molecular weight excluding hydrogens is 260 g/mol. The number of anilines is 1. The van der Waals surface area contributed by atoms with E-state index >= 15 is 0 Å². The van der Waals surface area contributed by atoms with Crippen LogP contribution in [0.5, 0.6) is 0 Å². The predicted molar refractivity (Wildman–Crippen MR) is 87.1 cm³/mol. The van der Waals surface area contributed by atoms with E-state index < -0.39 is 0 Å².